The molecule has 2 aromatic rings. The van der Waals surface area contributed by atoms with E-state index in [1.165, 1.54) is 0 Å². The second kappa shape index (κ2) is 8.62. The maximum absolute atomic E-state index is 12.3. The number of carbonyl (C=O) groups is 2. The smallest absolute Gasteiger partial charge is 0.232 e. The van der Waals surface area contributed by atoms with Gasteiger partial charge in [0, 0.05) is 50.1 Å². The fraction of sp³-hybridized carbons (Fsp3) is 0.333. The molecule has 2 amide bonds. The Morgan fingerprint density at radius 3 is 2.35 bits per heavy atom. The van der Waals surface area contributed by atoms with Gasteiger partial charge in [-0.25, -0.2) is 9.97 Å². The van der Waals surface area contributed by atoms with Crippen LogP contribution >= 0.6 is 11.6 Å². The zero-order chi connectivity index (χ0) is 18.4. The summed E-state index contributed by atoms with van der Waals surface area (Å²) in [6.45, 7) is 2.80. The summed E-state index contributed by atoms with van der Waals surface area (Å²) < 4.78 is 0. The summed E-state index contributed by atoms with van der Waals surface area (Å²) >= 11 is 5.83. The van der Waals surface area contributed by atoms with Crippen molar-refractivity contribution in [2.75, 3.05) is 31.1 Å². The first-order valence-electron chi connectivity index (χ1n) is 8.43. The monoisotopic (exact) mass is 373 g/mol. The minimum absolute atomic E-state index is 0.143. The number of carbonyl (C=O) groups excluding carboxylic acids is 2. The van der Waals surface area contributed by atoms with Gasteiger partial charge >= 0.3 is 0 Å². The molecule has 1 N–H and O–H groups in total. The molecule has 0 bridgehead atoms. The van der Waals surface area contributed by atoms with Gasteiger partial charge in [-0.05, 0) is 23.8 Å². The number of piperazine rings is 1. The minimum atomic E-state index is -0.279. The summed E-state index contributed by atoms with van der Waals surface area (Å²) in [6, 6.07) is 8.99. The number of aromatic nitrogens is 2. The molecule has 0 saturated carbocycles. The van der Waals surface area contributed by atoms with Crippen molar-refractivity contribution >= 4 is 29.4 Å². The molecule has 7 nitrogen and oxygen atoms in total. The SMILES string of the molecule is O=C(CC(=O)N1CCN(c2ncccn2)CC1)NCc1ccc(Cl)cc1. The van der Waals surface area contributed by atoms with Crippen molar-refractivity contribution in [1.29, 1.82) is 0 Å². The topological polar surface area (TPSA) is 78.4 Å². The Morgan fingerprint density at radius 2 is 1.69 bits per heavy atom. The number of hydrogen-bond acceptors (Lipinski definition) is 5. The molecule has 8 heteroatoms. The van der Waals surface area contributed by atoms with Crippen molar-refractivity contribution in [2.45, 2.75) is 13.0 Å². The second-order valence-electron chi connectivity index (χ2n) is 6.00. The van der Waals surface area contributed by atoms with E-state index in [0.29, 0.717) is 43.7 Å². The standard InChI is InChI=1S/C18H20ClN5O2/c19-15-4-2-14(3-5-15)13-22-16(25)12-17(26)23-8-10-24(11-9-23)18-20-6-1-7-21-18/h1-7H,8-13H2,(H,22,25). The molecule has 0 spiro atoms. The lowest BCUT2D eigenvalue weighted by atomic mass is 10.2. The van der Waals surface area contributed by atoms with E-state index >= 15 is 0 Å². The average Bonchev–Trinajstić information content (AvgIpc) is 2.68. The summed E-state index contributed by atoms with van der Waals surface area (Å²) in [6.07, 6.45) is 3.26. The molecule has 1 saturated heterocycles. The van der Waals surface area contributed by atoms with Crippen molar-refractivity contribution in [1.82, 2.24) is 20.2 Å². The highest BCUT2D eigenvalue weighted by Crippen LogP contribution is 2.11. The van der Waals surface area contributed by atoms with Crippen LogP contribution in [0.2, 0.25) is 5.02 Å². The van der Waals surface area contributed by atoms with Crippen LogP contribution in [0.4, 0.5) is 5.95 Å². The largest absolute Gasteiger partial charge is 0.352 e. The number of rotatable bonds is 5. The summed E-state index contributed by atoms with van der Waals surface area (Å²) in [5.74, 6) is 0.228. The Labute approximate surface area is 157 Å². The van der Waals surface area contributed by atoms with Gasteiger partial charge in [-0.3, -0.25) is 9.59 Å². The molecule has 136 valence electrons. The lowest BCUT2D eigenvalue weighted by Gasteiger charge is -2.34. The van der Waals surface area contributed by atoms with Crippen molar-refractivity contribution in [2.24, 2.45) is 0 Å². The first-order chi connectivity index (χ1) is 12.6. The fourth-order valence-corrected chi connectivity index (χ4v) is 2.85. The molecule has 1 aliphatic heterocycles. The number of benzene rings is 1. The number of amides is 2. The third kappa shape index (κ3) is 4.92. The van der Waals surface area contributed by atoms with Gasteiger partial charge in [0.2, 0.25) is 17.8 Å². The molecule has 1 aliphatic rings. The molecular weight excluding hydrogens is 354 g/mol. The predicted octanol–water partition coefficient (Wildman–Crippen LogP) is 1.49. The molecular formula is C18H20ClN5O2. The van der Waals surface area contributed by atoms with E-state index in [1.807, 2.05) is 17.0 Å². The third-order valence-corrected chi connectivity index (χ3v) is 4.43. The Balaban J connectivity index is 1.42. The van der Waals surface area contributed by atoms with Crippen molar-refractivity contribution in [3.05, 3.63) is 53.3 Å². The highest BCUT2D eigenvalue weighted by molar-refractivity contribution is 6.30. The quantitative estimate of drug-likeness (QED) is 0.803. The van der Waals surface area contributed by atoms with Crippen LogP contribution in [0.25, 0.3) is 0 Å². The van der Waals surface area contributed by atoms with E-state index in [9.17, 15) is 9.59 Å². The van der Waals surface area contributed by atoms with Gasteiger partial charge in [0.05, 0.1) is 0 Å². The number of hydrogen-bond donors (Lipinski definition) is 1. The number of anilines is 1. The molecule has 0 atom stereocenters. The molecule has 2 heterocycles. The van der Waals surface area contributed by atoms with Crippen molar-refractivity contribution in [3.63, 3.8) is 0 Å². The van der Waals surface area contributed by atoms with Gasteiger partial charge < -0.3 is 15.1 Å². The average molecular weight is 374 g/mol. The number of nitrogens with one attached hydrogen (secondary N) is 1. The molecule has 26 heavy (non-hydrogen) atoms. The van der Waals surface area contributed by atoms with E-state index in [1.54, 1.807) is 35.5 Å². The van der Waals surface area contributed by atoms with Crippen LogP contribution in [0.5, 0.6) is 0 Å². The van der Waals surface area contributed by atoms with Gasteiger partial charge in [0.15, 0.2) is 0 Å². The van der Waals surface area contributed by atoms with Crippen LogP contribution in [-0.4, -0.2) is 52.9 Å². The van der Waals surface area contributed by atoms with Crippen molar-refractivity contribution in [3.8, 4) is 0 Å². The maximum Gasteiger partial charge on any atom is 0.232 e. The molecule has 0 radical (unpaired) electrons. The second-order valence-corrected chi connectivity index (χ2v) is 6.43. The summed E-state index contributed by atoms with van der Waals surface area (Å²) in [4.78, 5) is 36.5. The Hall–Kier alpha value is -2.67. The first kappa shape index (κ1) is 18.1. The van der Waals surface area contributed by atoms with E-state index in [4.69, 9.17) is 11.6 Å². The van der Waals surface area contributed by atoms with Crippen LogP contribution in [0, 0.1) is 0 Å². The highest BCUT2D eigenvalue weighted by atomic mass is 35.5. The van der Waals surface area contributed by atoms with Gasteiger partial charge in [-0.1, -0.05) is 23.7 Å². The number of nitrogens with zero attached hydrogens (tertiary/aromatic N) is 4. The first-order valence-corrected chi connectivity index (χ1v) is 8.80. The molecule has 3 rings (SSSR count). The van der Waals surface area contributed by atoms with Crippen LogP contribution in [0.15, 0.2) is 42.7 Å². The third-order valence-electron chi connectivity index (χ3n) is 4.18. The van der Waals surface area contributed by atoms with E-state index in [0.717, 1.165) is 5.56 Å². The van der Waals surface area contributed by atoms with Crippen LogP contribution in [0.3, 0.4) is 0 Å². The lowest BCUT2D eigenvalue weighted by Crippen LogP contribution is -2.50. The van der Waals surface area contributed by atoms with Gasteiger partial charge in [0.1, 0.15) is 6.42 Å². The normalized spacial score (nSPS) is 14.2. The van der Waals surface area contributed by atoms with E-state index in [2.05, 4.69) is 15.3 Å². The van der Waals surface area contributed by atoms with Gasteiger partial charge in [0.25, 0.3) is 0 Å². The van der Waals surface area contributed by atoms with E-state index < -0.39 is 0 Å². The maximum atomic E-state index is 12.3. The van der Waals surface area contributed by atoms with Crippen LogP contribution in [0.1, 0.15) is 12.0 Å². The molecule has 1 aromatic carbocycles. The van der Waals surface area contributed by atoms with Crippen LogP contribution < -0.4 is 10.2 Å². The fourth-order valence-electron chi connectivity index (χ4n) is 2.72. The van der Waals surface area contributed by atoms with E-state index in [-0.39, 0.29) is 18.2 Å². The number of halogens is 1. The van der Waals surface area contributed by atoms with Gasteiger partial charge in [-0.2, -0.15) is 0 Å². The summed E-state index contributed by atoms with van der Waals surface area (Å²) in [7, 11) is 0. The Kier molecular flexibility index (Phi) is 6.01. The molecule has 0 aliphatic carbocycles. The summed E-state index contributed by atoms with van der Waals surface area (Å²) in [5, 5.41) is 3.41. The summed E-state index contributed by atoms with van der Waals surface area (Å²) in [5.41, 5.74) is 0.937. The highest BCUT2D eigenvalue weighted by Gasteiger charge is 2.23. The predicted molar refractivity (Wildman–Crippen MR) is 98.7 cm³/mol. The zero-order valence-corrected chi connectivity index (χ0v) is 15.0. The van der Waals surface area contributed by atoms with Gasteiger partial charge in [-0.15, -0.1) is 0 Å². The Morgan fingerprint density at radius 1 is 1.04 bits per heavy atom. The molecule has 1 fully saturated rings. The zero-order valence-electron chi connectivity index (χ0n) is 14.3. The van der Waals surface area contributed by atoms with Crippen LogP contribution in [-0.2, 0) is 16.1 Å². The Bertz CT molecular complexity index is 746. The minimum Gasteiger partial charge on any atom is -0.352 e. The lowest BCUT2D eigenvalue weighted by molar-refractivity contribution is -0.136. The van der Waals surface area contributed by atoms with Crippen molar-refractivity contribution < 1.29 is 9.59 Å². The molecule has 0 unspecified atom stereocenters. The molecule has 1 aromatic heterocycles.